The molecule has 0 unspecified atom stereocenters. The molecule has 110 valence electrons. The highest BCUT2D eigenvalue weighted by Gasteiger charge is 2.20. The molecule has 1 saturated heterocycles. The second kappa shape index (κ2) is 5.89. The van der Waals surface area contributed by atoms with Crippen LogP contribution in [0.5, 0.6) is 0 Å². The molecule has 1 fully saturated rings. The molecule has 1 aromatic heterocycles. The third-order valence-electron chi connectivity index (χ3n) is 3.77. The van der Waals surface area contributed by atoms with Gasteiger partial charge in [-0.1, -0.05) is 22.0 Å². The molecule has 21 heavy (non-hydrogen) atoms. The fraction of sp³-hybridized carbons (Fsp3) is 0.333. The standard InChI is InChI=1S/C15H16BrN3O2/c16-12-3-2-11-4-5-17-14(13(11)10-12)18-6-1-7-19(9-8-18)15(20)21/h2-5,10H,1,6-9H2,(H,20,21). The summed E-state index contributed by atoms with van der Waals surface area (Å²) in [5.41, 5.74) is 0. The second-order valence-corrected chi connectivity index (χ2v) is 6.03. The molecule has 3 rings (SSSR count). The van der Waals surface area contributed by atoms with Gasteiger partial charge in [0.1, 0.15) is 5.82 Å². The van der Waals surface area contributed by atoms with Gasteiger partial charge in [0.2, 0.25) is 0 Å². The van der Waals surface area contributed by atoms with Crippen LogP contribution in [0.3, 0.4) is 0 Å². The van der Waals surface area contributed by atoms with Crippen LogP contribution in [0.1, 0.15) is 6.42 Å². The van der Waals surface area contributed by atoms with E-state index >= 15 is 0 Å². The van der Waals surface area contributed by atoms with Gasteiger partial charge in [0, 0.05) is 42.2 Å². The minimum atomic E-state index is -0.842. The molecule has 1 aliphatic rings. The Kier molecular flexibility index (Phi) is 3.96. The Balaban J connectivity index is 1.93. The lowest BCUT2D eigenvalue weighted by molar-refractivity contribution is 0.148. The van der Waals surface area contributed by atoms with Gasteiger partial charge in [0.25, 0.3) is 0 Å². The summed E-state index contributed by atoms with van der Waals surface area (Å²) in [6, 6.07) is 8.14. The zero-order chi connectivity index (χ0) is 14.8. The van der Waals surface area contributed by atoms with Crippen LogP contribution in [0.4, 0.5) is 10.6 Å². The van der Waals surface area contributed by atoms with Gasteiger partial charge in [-0.3, -0.25) is 0 Å². The summed E-state index contributed by atoms with van der Waals surface area (Å²) in [6.45, 7) is 2.59. The number of amides is 1. The van der Waals surface area contributed by atoms with E-state index in [4.69, 9.17) is 5.11 Å². The highest BCUT2D eigenvalue weighted by Crippen LogP contribution is 2.28. The van der Waals surface area contributed by atoms with Crippen molar-refractivity contribution in [3.8, 4) is 0 Å². The number of hydrogen-bond acceptors (Lipinski definition) is 3. The minimum Gasteiger partial charge on any atom is -0.465 e. The summed E-state index contributed by atoms with van der Waals surface area (Å²) in [6.07, 6.45) is 1.79. The Bertz CT molecular complexity index is 677. The summed E-state index contributed by atoms with van der Waals surface area (Å²) < 4.78 is 1.02. The Morgan fingerprint density at radius 3 is 2.86 bits per heavy atom. The van der Waals surface area contributed by atoms with E-state index in [0.29, 0.717) is 19.6 Å². The van der Waals surface area contributed by atoms with Crippen molar-refractivity contribution in [3.05, 3.63) is 34.9 Å². The van der Waals surface area contributed by atoms with Crippen LogP contribution in [0, 0.1) is 0 Å². The predicted molar refractivity (Wildman–Crippen MR) is 85.9 cm³/mol. The molecular weight excluding hydrogens is 334 g/mol. The highest BCUT2D eigenvalue weighted by molar-refractivity contribution is 9.10. The Labute approximate surface area is 131 Å². The molecule has 1 N–H and O–H groups in total. The molecule has 2 heterocycles. The number of rotatable bonds is 1. The molecule has 2 aromatic rings. The maximum Gasteiger partial charge on any atom is 0.407 e. The van der Waals surface area contributed by atoms with E-state index in [1.165, 1.54) is 4.90 Å². The second-order valence-electron chi connectivity index (χ2n) is 5.11. The monoisotopic (exact) mass is 349 g/mol. The highest BCUT2D eigenvalue weighted by atomic mass is 79.9. The van der Waals surface area contributed by atoms with Crippen molar-refractivity contribution < 1.29 is 9.90 Å². The first-order valence-corrected chi connectivity index (χ1v) is 7.71. The molecule has 0 atom stereocenters. The lowest BCUT2D eigenvalue weighted by atomic mass is 10.1. The van der Waals surface area contributed by atoms with E-state index in [1.807, 2.05) is 18.3 Å². The molecule has 0 spiro atoms. The van der Waals surface area contributed by atoms with Gasteiger partial charge in [-0.2, -0.15) is 0 Å². The SMILES string of the molecule is O=C(O)N1CCCN(c2nccc3ccc(Br)cc23)CC1. The molecule has 0 radical (unpaired) electrons. The molecule has 5 nitrogen and oxygen atoms in total. The average molecular weight is 350 g/mol. The fourth-order valence-corrected chi connectivity index (χ4v) is 3.06. The lowest BCUT2D eigenvalue weighted by Crippen LogP contribution is -2.34. The number of anilines is 1. The summed E-state index contributed by atoms with van der Waals surface area (Å²) in [5, 5.41) is 11.3. The van der Waals surface area contributed by atoms with E-state index < -0.39 is 6.09 Å². The third-order valence-corrected chi connectivity index (χ3v) is 4.27. The first-order valence-electron chi connectivity index (χ1n) is 6.92. The Morgan fingerprint density at radius 1 is 1.19 bits per heavy atom. The smallest absolute Gasteiger partial charge is 0.407 e. The van der Waals surface area contributed by atoms with Crippen molar-refractivity contribution in [3.63, 3.8) is 0 Å². The topological polar surface area (TPSA) is 56.7 Å². The van der Waals surface area contributed by atoms with Crippen LogP contribution >= 0.6 is 15.9 Å². The summed E-state index contributed by atoms with van der Waals surface area (Å²) in [5.74, 6) is 0.932. The van der Waals surface area contributed by atoms with E-state index in [9.17, 15) is 4.79 Å². The van der Waals surface area contributed by atoms with Crippen molar-refractivity contribution in [2.45, 2.75) is 6.42 Å². The van der Waals surface area contributed by atoms with Gasteiger partial charge in [-0.05, 0) is 30.0 Å². The number of nitrogens with zero attached hydrogens (tertiary/aromatic N) is 3. The quantitative estimate of drug-likeness (QED) is 0.858. The lowest BCUT2D eigenvalue weighted by Gasteiger charge is -2.23. The number of hydrogen-bond donors (Lipinski definition) is 1. The van der Waals surface area contributed by atoms with Gasteiger partial charge in [0.15, 0.2) is 0 Å². The fourth-order valence-electron chi connectivity index (χ4n) is 2.70. The Morgan fingerprint density at radius 2 is 2.05 bits per heavy atom. The van der Waals surface area contributed by atoms with E-state index in [1.54, 1.807) is 0 Å². The number of benzene rings is 1. The van der Waals surface area contributed by atoms with Crippen molar-refractivity contribution in [1.29, 1.82) is 0 Å². The van der Waals surface area contributed by atoms with Crippen molar-refractivity contribution in [1.82, 2.24) is 9.88 Å². The van der Waals surface area contributed by atoms with Crippen LogP contribution < -0.4 is 4.90 Å². The van der Waals surface area contributed by atoms with Crippen molar-refractivity contribution >= 4 is 38.6 Å². The molecule has 0 aliphatic carbocycles. The number of aromatic nitrogens is 1. The maximum absolute atomic E-state index is 11.1. The summed E-state index contributed by atoms with van der Waals surface area (Å²) >= 11 is 3.50. The third kappa shape index (κ3) is 2.95. The van der Waals surface area contributed by atoms with Crippen molar-refractivity contribution in [2.75, 3.05) is 31.1 Å². The minimum absolute atomic E-state index is 0.515. The average Bonchev–Trinajstić information content (AvgIpc) is 2.72. The summed E-state index contributed by atoms with van der Waals surface area (Å²) in [7, 11) is 0. The number of carbonyl (C=O) groups is 1. The largest absolute Gasteiger partial charge is 0.465 e. The van der Waals surface area contributed by atoms with Crippen LogP contribution in [-0.4, -0.2) is 47.3 Å². The van der Waals surface area contributed by atoms with E-state index in [2.05, 4.69) is 37.9 Å². The van der Waals surface area contributed by atoms with Crippen LogP contribution in [-0.2, 0) is 0 Å². The van der Waals surface area contributed by atoms with Gasteiger partial charge >= 0.3 is 6.09 Å². The molecular formula is C15H16BrN3O2. The normalized spacial score (nSPS) is 16.0. The Hall–Kier alpha value is -1.82. The van der Waals surface area contributed by atoms with E-state index in [-0.39, 0.29) is 0 Å². The zero-order valence-corrected chi connectivity index (χ0v) is 13.1. The molecule has 1 aliphatic heterocycles. The van der Waals surface area contributed by atoms with Crippen LogP contribution in [0.2, 0.25) is 0 Å². The summed E-state index contributed by atoms with van der Waals surface area (Å²) in [4.78, 5) is 19.3. The first-order chi connectivity index (χ1) is 10.1. The van der Waals surface area contributed by atoms with Crippen LogP contribution in [0.15, 0.2) is 34.9 Å². The first kappa shape index (κ1) is 14.1. The molecule has 1 aromatic carbocycles. The maximum atomic E-state index is 11.1. The molecule has 1 amide bonds. The number of pyridine rings is 1. The van der Waals surface area contributed by atoms with Gasteiger partial charge in [-0.25, -0.2) is 9.78 Å². The number of carboxylic acid groups (broad SMARTS) is 1. The molecule has 0 bridgehead atoms. The van der Waals surface area contributed by atoms with Gasteiger partial charge in [-0.15, -0.1) is 0 Å². The predicted octanol–water partition coefficient (Wildman–Crippen LogP) is 3.19. The van der Waals surface area contributed by atoms with Crippen molar-refractivity contribution in [2.24, 2.45) is 0 Å². The number of fused-ring (bicyclic) bond motifs is 1. The van der Waals surface area contributed by atoms with Gasteiger partial charge < -0.3 is 14.9 Å². The van der Waals surface area contributed by atoms with E-state index in [0.717, 1.165) is 34.0 Å². The zero-order valence-electron chi connectivity index (χ0n) is 11.5. The molecule has 0 saturated carbocycles. The van der Waals surface area contributed by atoms with Crippen LogP contribution in [0.25, 0.3) is 10.8 Å². The van der Waals surface area contributed by atoms with Gasteiger partial charge in [0.05, 0.1) is 0 Å². The molecule has 6 heteroatoms. The number of halogens is 1.